The van der Waals surface area contributed by atoms with Crippen LogP contribution in [0.2, 0.25) is 0 Å². The van der Waals surface area contributed by atoms with Crippen LogP contribution in [0.1, 0.15) is 12.5 Å². The Bertz CT molecular complexity index is 366. The smallest absolute Gasteiger partial charge is 0.381 e. The van der Waals surface area contributed by atoms with Gasteiger partial charge in [-0.05, 0) is 19.1 Å². The molecule has 2 N–H and O–H groups in total. The average molecular weight is 215 g/mol. The van der Waals surface area contributed by atoms with Crippen LogP contribution < -0.4 is 5.73 Å². The summed E-state index contributed by atoms with van der Waals surface area (Å²) < 4.78 is 31.0. The minimum atomic E-state index is -3.65. The van der Waals surface area contributed by atoms with Crippen molar-refractivity contribution in [1.29, 1.82) is 0 Å². The predicted octanol–water partition coefficient (Wildman–Crippen LogP) is 1.92. The zero-order valence-electron chi connectivity index (χ0n) is 8.17. The van der Waals surface area contributed by atoms with Crippen LogP contribution in [0.4, 0.5) is 14.5 Å². The van der Waals surface area contributed by atoms with E-state index in [4.69, 9.17) is 5.73 Å². The van der Waals surface area contributed by atoms with Gasteiger partial charge in [0.25, 0.3) is 0 Å². The molecule has 0 saturated heterocycles. The van der Waals surface area contributed by atoms with Gasteiger partial charge in [0.2, 0.25) is 0 Å². The van der Waals surface area contributed by atoms with Gasteiger partial charge < -0.3 is 10.5 Å². The second-order valence-corrected chi connectivity index (χ2v) is 2.92. The zero-order valence-corrected chi connectivity index (χ0v) is 8.17. The van der Waals surface area contributed by atoms with E-state index in [0.717, 1.165) is 12.1 Å². The van der Waals surface area contributed by atoms with E-state index in [9.17, 15) is 13.6 Å². The molecule has 0 fully saturated rings. The highest BCUT2D eigenvalue weighted by atomic mass is 19.3. The molecule has 15 heavy (non-hydrogen) atoms. The summed E-state index contributed by atoms with van der Waals surface area (Å²) in [6, 6.07) is 5.01. The second kappa shape index (κ2) is 4.25. The maximum Gasteiger partial charge on any atom is 0.381 e. The Morgan fingerprint density at radius 1 is 1.53 bits per heavy atom. The number of benzene rings is 1. The van der Waals surface area contributed by atoms with Crippen molar-refractivity contribution in [3.05, 3.63) is 29.8 Å². The van der Waals surface area contributed by atoms with Crippen LogP contribution in [0.15, 0.2) is 24.3 Å². The third-order valence-corrected chi connectivity index (χ3v) is 1.78. The number of anilines is 1. The number of esters is 1. The Labute approximate surface area is 85.8 Å². The van der Waals surface area contributed by atoms with Gasteiger partial charge in [0, 0.05) is 11.3 Å². The van der Waals surface area contributed by atoms with Gasteiger partial charge in [0.05, 0.1) is 6.61 Å². The van der Waals surface area contributed by atoms with E-state index < -0.39 is 17.5 Å². The summed E-state index contributed by atoms with van der Waals surface area (Å²) in [4.78, 5) is 11.0. The third kappa shape index (κ3) is 2.43. The van der Waals surface area contributed by atoms with Crippen molar-refractivity contribution < 1.29 is 18.3 Å². The Morgan fingerprint density at radius 3 is 2.73 bits per heavy atom. The van der Waals surface area contributed by atoms with Crippen molar-refractivity contribution in [2.45, 2.75) is 12.8 Å². The molecule has 0 spiro atoms. The predicted molar refractivity (Wildman–Crippen MR) is 51.4 cm³/mol. The first-order valence-corrected chi connectivity index (χ1v) is 4.39. The molecule has 0 aliphatic carbocycles. The average Bonchev–Trinajstić information content (AvgIpc) is 2.18. The molecular formula is C10H11F2NO2. The number of hydrogen-bond acceptors (Lipinski definition) is 3. The fourth-order valence-corrected chi connectivity index (χ4v) is 1.07. The van der Waals surface area contributed by atoms with Crippen molar-refractivity contribution in [2.75, 3.05) is 12.3 Å². The van der Waals surface area contributed by atoms with Crippen molar-refractivity contribution in [2.24, 2.45) is 0 Å². The Balaban J connectivity index is 2.99. The topological polar surface area (TPSA) is 52.3 Å². The SMILES string of the molecule is CCOC(=O)C(F)(F)c1cccc(N)c1. The lowest BCUT2D eigenvalue weighted by Crippen LogP contribution is -2.28. The molecule has 0 bridgehead atoms. The van der Waals surface area contributed by atoms with E-state index in [-0.39, 0.29) is 12.3 Å². The number of nitrogen functional groups attached to an aromatic ring is 1. The molecule has 0 atom stereocenters. The standard InChI is InChI=1S/C10H11F2NO2/c1-2-15-9(14)10(11,12)7-4-3-5-8(13)6-7/h3-6H,2,13H2,1H3. The van der Waals surface area contributed by atoms with Crippen molar-refractivity contribution in [3.8, 4) is 0 Å². The summed E-state index contributed by atoms with van der Waals surface area (Å²) >= 11 is 0. The summed E-state index contributed by atoms with van der Waals surface area (Å²) in [7, 11) is 0. The minimum absolute atomic E-state index is 0.0866. The van der Waals surface area contributed by atoms with Gasteiger partial charge in [-0.15, -0.1) is 0 Å². The quantitative estimate of drug-likeness (QED) is 0.619. The van der Waals surface area contributed by atoms with E-state index in [1.807, 2.05) is 0 Å². The molecule has 1 aromatic rings. The maximum absolute atomic E-state index is 13.4. The highest BCUT2D eigenvalue weighted by molar-refractivity contribution is 5.79. The van der Waals surface area contributed by atoms with Crippen LogP contribution >= 0.6 is 0 Å². The highest BCUT2D eigenvalue weighted by Gasteiger charge is 2.42. The van der Waals surface area contributed by atoms with Crippen LogP contribution in [-0.2, 0) is 15.5 Å². The Morgan fingerprint density at radius 2 is 2.20 bits per heavy atom. The fraction of sp³-hybridized carbons (Fsp3) is 0.300. The molecule has 0 radical (unpaired) electrons. The van der Waals surface area contributed by atoms with E-state index in [1.165, 1.54) is 19.1 Å². The molecule has 0 amide bonds. The van der Waals surface area contributed by atoms with Crippen LogP contribution in [0, 0.1) is 0 Å². The molecule has 3 nitrogen and oxygen atoms in total. The monoisotopic (exact) mass is 215 g/mol. The Kier molecular flexibility index (Phi) is 3.24. The number of ether oxygens (including phenoxy) is 1. The summed E-state index contributed by atoms with van der Waals surface area (Å²) in [5, 5.41) is 0. The lowest BCUT2D eigenvalue weighted by molar-refractivity contribution is -0.173. The van der Waals surface area contributed by atoms with Gasteiger partial charge in [0.15, 0.2) is 0 Å². The third-order valence-electron chi connectivity index (χ3n) is 1.78. The first kappa shape index (κ1) is 11.4. The van der Waals surface area contributed by atoms with Gasteiger partial charge in [-0.25, -0.2) is 4.79 Å². The zero-order chi connectivity index (χ0) is 11.5. The summed E-state index contributed by atoms with van der Waals surface area (Å²) in [6.07, 6.45) is 0. The van der Waals surface area contributed by atoms with Gasteiger partial charge in [-0.2, -0.15) is 8.78 Å². The number of hydrogen-bond donors (Lipinski definition) is 1. The number of alkyl halides is 2. The second-order valence-electron chi connectivity index (χ2n) is 2.92. The van der Waals surface area contributed by atoms with E-state index in [1.54, 1.807) is 0 Å². The normalized spacial score (nSPS) is 11.1. The van der Waals surface area contributed by atoms with E-state index >= 15 is 0 Å². The number of nitrogens with two attached hydrogens (primary N) is 1. The summed E-state index contributed by atoms with van der Waals surface area (Å²) in [6.45, 7) is 1.38. The highest BCUT2D eigenvalue weighted by Crippen LogP contribution is 2.30. The number of carbonyl (C=O) groups excluding carboxylic acids is 1. The van der Waals surface area contributed by atoms with E-state index in [0.29, 0.717) is 0 Å². The molecule has 0 aliphatic heterocycles. The molecule has 0 unspecified atom stereocenters. The molecule has 0 aromatic heterocycles. The van der Waals surface area contributed by atoms with Crippen LogP contribution in [0.5, 0.6) is 0 Å². The van der Waals surface area contributed by atoms with Gasteiger partial charge in [-0.3, -0.25) is 0 Å². The van der Waals surface area contributed by atoms with Gasteiger partial charge >= 0.3 is 11.9 Å². The Hall–Kier alpha value is -1.65. The maximum atomic E-state index is 13.4. The summed E-state index contributed by atoms with van der Waals surface area (Å²) in [5.41, 5.74) is 5.06. The first-order chi connectivity index (χ1) is 6.98. The number of halogens is 2. The lowest BCUT2D eigenvalue weighted by atomic mass is 10.1. The van der Waals surface area contributed by atoms with E-state index in [2.05, 4.69) is 4.74 Å². The number of rotatable bonds is 3. The van der Waals surface area contributed by atoms with Crippen molar-refractivity contribution in [3.63, 3.8) is 0 Å². The molecule has 1 aromatic carbocycles. The molecular weight excluding hydrogens is 204 g/mol. The molecule has 0 heterocycles. The first-order valence-electron chi connectivity index (χ1n) is 4.39. The van der Waals surface area contributed by atoms with Crippen LogP contribution in [-0.4, -0.2) is 12.6 Å². The largest absolute Gasteiger partial charge is 0.461 e. The van der Waals surface area contributed by atoms with Crippen LogP contribution in [0.25, 0.3) is 0 Å². The molecule has 5 heteroatoms. The number of carbonyl (C=O) groups is 1. The molecule has 82 valence electrons. The lowest BCUT2D eigenvalue weighted by Gasteiger charge is -2.14. The van der Waals surface area contributed by atoms with Gasteiger partial charge in [-0.1, -0.05) is 12.1 Å². The van der Waals surface area contributed by atoms with Crippen molar-refractivity contribution >= 4 is 11.7 Å². The fourth-order valence-electron chi connectivity index (χ4n) is 1.07. The minimum Gasteiger partial charge on any atom is -0.461 e. The van der Waals surface area contributed by atoms with Crippen molar-refractivity contribution in [1.82, 2.24) is 0 Å². The molecule has 0 saturated carbocycles. The molecule has 1 rings (SSSR count). The molecule has 0 aliphatic rings. The summed E-state index contributed by atoms with van der Waals surface area (Å²) in [5.74, 6) is -5.21. The van der Waals surface area contributed by atoms with Gasteiger partial charge in [0.1, 0.15) is 0 Å². The van der Waals surface area contributed by atoms with Crippen LogP contribution in [0.3, 0.4) is 0 Å².